The zero-order valence-electron chi connectivity index (χ0n) is 11.4. The second-order valence-corrected chi connectivity index (χ2v) is 4.35. The Morgan fingerprint density at radius 2 is 1.59 bits per heavy atom. The number of nitrogens with zero attached hydrogens (tertiary/aromatic N) is 1. The first-order chi connectivity index (χ1) is 7.99. The number of amides is 2. The third kappa shape index (κ3) is 3.22. The van der Waals surface area contributed by atoms with E-state index in [1.807, 2.05) is 26.8 Å². The van der Waals surface area contributed by atoms with Crippen LogP contribution in [0, 0.1) is 20.8 Å². The number of carbonyl (C=O) groups excluding carboxylic acids is 1. The Balaban J connectivity index is 2.88. The van der Waals surface area contributed by atoms with Crippen LogP contribution in [0.1, 0.15) is 30.5 Å². The molecule has 0 saturated heterocycles. The van der Waals surface area contributed by atoms with Crippen LogP contribution < -0.4 is 5.32 Å². The number of rotatable bonds is 3. The fourth-order valence-corrected chi connectivity index (χ4v) is 1.80. The number of aryl methyl sites for hydroxylation is 3. The van der Waals surface area contributed by atoms with Gasteiger partial charge in [-0.1, -0.05) is 6.07 Å². The molecule has 1 aromatic rings. The molecule has 3 heteroatoms. The molecule has 0 unspecified atom stereocenters. The average molecular weight is 234 g/mol. The molecule has 1 rings (SSSR count). The molecule has 0 fully saturated rings. The van der Waals surface area contributed by atoms with Crippen molar-refractivity contribution in [2.24, 2.45) is 0 Å². The van der Waals surface area contributed by atoms with E-state index in [1.165, 1.54) is 11.1 Å². The van der Waals surface area contributed by atoms with Gasteiger partial charge in [-0.15, -0.1) is 0 Å². The maximum atomic E-state index is 11.9. The third-order valence-electron chi connectivity index (χ3n) is 3.13. The van der Waals surface area contributed by atoms with E-state index in [4.69, 9.17) is 0 Å². The van der Waals surface area contributed by atoms with Crippen LogP contribution in [0.2, 0.25) is 0 Å². The third-order valence-corrected chi connectivity index (χ3v) is 3.13. The van der Waals surface area contributed by atoms with Gasteiger partial charge in [0, 0.05) is 18.8 Å². The number of carbonyl (C=O) groups is 1. The summed E-state index contributed by atoms with van der Waals surface area (Å²) in [6.07, 6.45) is 0. The van der Waals surface area contributed by atoms with E-state index in [0.717, 1.165) is 24.3 Å². The van der Waals surface area contributed by atoms with Gasteiger partial charge >= 0.3 is 6.03 Å². The van der Waals surface area contributed by atoms with E-state index in [2.05, 4.69) is 25.2 Å². The van der Waals surface area contributed by atoms with Gasteiger partial charge in [-0.25, -0.2) is 4.79 Å². The monoisotopic (exact) mass is 234 g/mol. The molecule has 1 aromatic carbocycles. The van der Waals surface area contributed by atoms with Crippen molar-refractivity contribution in [2.45, 2.75) is 34.6 Å². The summed E-state index contributed by atoms with van der Waals surface area (Å²) in [4.78, 5) is 13.7. The van der Waals surface area contributed by atoms with Gasteiger partial charge in [0.2, 0.25) is 0 Å². The lowest BCUT2D eigenvalue weighted by molar-refractivity contribution is 0.217. The first-order valence-electron chi connectivity index (χ1n) is 6.13. The first kappa shape index (κ1) is 13.6. The number of nitrogens with one attached hydrogen (secondary N) is 1. The summed E-state index contributed by atoms with van der Waals surface area (Å²) in [5.74, 6) is 0. The maximum Gasteiger partial charge on any atom is 0.321 e. The summed E-state index contributed by atoms with van der Waals surface area (Å²) in [6.45, 7) is 11.6. The highest BCUT2D eigenvalue weighted by Gasteiger charge is 2.11. The van der Waals surface area contributed by atoms with E-state index in [1.54, 1.807) is 4.90 Å². The summed E-state index contributed by atoms with van der Waals surface area (Å²) < 4.78 is 0. The summed E-state index contributed by atoms with van der Waals surface area (Å²) in [5.41, 5.74) is 4.47. The highest BCUT2D eigenvalue weighted by Crippen LogP contribution is 2.20. The van der Waals surface area contributed by atoms with E-state index >= 15 is 0 Å². The summed E-state index contributed by atoms with van der Waals surface area (Å²) in [6, 6.07) is 4.11. The number of hydrogen-bond donors (Lipinski definition) is 1. The molecule has 0 aliphatic heterocycles. The largest absolute Gasteiger partial charge is 0.325 e. The van der Waals surface area contributed by atoms with Gasteiger partial charge < -0.3 is 10.2 Å². The van der Waals surface area contributed by atoms with Crippen molar-refractivity contribution in [2.75, 3.05) is 18.4 Å². The van der Waals surface area contributed by atoms with Crippen molar-refractivity contribution in [3.63, 3.8) is 0 Å². The van der Waals surface area contributed by atoms with Crippen LogP contribution in [0.5, 0.6) is 0 Å². The minimum Gasteiger partial charge on any atom is -0.325 e. The van der Waals surface area contributed by atoms with Crippen molar-refractivity contribution < 1.29 is 4.79 Å². The Morgan fingerprint density at radius 3 is 2.12 bits per heavy atom. The molecule has 0 aliphatic rings. The summed E-state index contributed by atoms with van der Waals surface area (Å²) in [5, 5.41) is 2.97. The molecule has 2 amide bonds. The van der Waals surface area contributed by atoms with E-state index in [0.29, 0.717) is 0 Å². The zero-order valence-corrected chi connectivity index (χ0v) is 11.4. The average Bonchev–Trinajstić information content (AvgIpc) is 2.27. The van der Waals surface area contributed by atoms with Crippen LogP contribution in [-0.2, 0) is 0 Å². The zero-order chi connectivity index (χ0) is 13.0. The minimum atomic E-state index is -0.0265. The first-order valence-corrected chi connectivity index (χ1v) is 6.13. The predicted molar refractivity (Wildman–Crippen MR) is 72.6 cm³/mol. The molecule has 94 valence electrons. The Kier molecular flexibility index (Phi) is 4.55. The van der Waals surface area contributed by atoms with Gasteiger partial charge in [-0.3, -0.25) is 0 Å². The Morgan fingerprint density at radius 1 is 1.06 bits per heavy atom. The smallest absolute Gasteiger partial charge is 0.321 e. The standard InChI is InChI=1S/C14H22N2O/c1-6-16(7-2)14(17)15-13-9-11(4)10(3)8-12(13)5/h8-9H,6-7H2,1-5H3,(H,15,17). The highest BCUT2D eigenvalue weighted by molar-refractivity contribution is 5.90. The Labute approximate surface area is 104 Å². The van der Waals surface area contributed by atoms with Crippen molar-refractivity contribution >= 4 is 11.7 Å². The van der Waals surface area contributed by atoms with E-state index in [9.17, 15) is 4.79 Å². The van der Waals surface area contributed by atoms with E-state index in [-0.39, 0.29) is 6.03 Å². The molecule has 3 nitrogen and oxygen atoms in total. The molecular formula is C14H22N2O. The van der Waals surface area contributed by atoms with Crippen LogP contribution in [0.25, 0.3) is 0 Å². The Bertz CT molecular complexity index is 409. The molecule has 0 saturated carbocycles. The normalized spacial score (nSPS) is 10.2. The molecule has 1 N–H and O–H groups in total. The van der Waals surface area contributed by atoms with Gasteiger partial charge in [-0.05, 0) is 57.4 Å². The highest BCUT2D eigenvalue weighted by atomic mass is 16.2. The Hall–Kier alpha value is -1.51. The summed E-state index contributed by atoms with van der Waals surface area (Å²) in [7, 11) is 0. The maximum absolute atomic E-state index is 11.9. The number of urea groups is 1. The molecule has 0 heterocycles. The van der Waals surface area contributed by atoms with Crippen LogP contribution in [0.15, 0.2) is 12.1 Å². The quantitative estimate of drug-likeness (QED) is 0.853. The fourth-order valence-electron chi connectivity index (χ4n) is 1.80. The second-order valence-electron chi connectivity index (χ2n) is 4.35. The van der Waals surface area contributed by atoms with E-state index < -0.39 is 0 Å². The van der Waals surface area contributed by atoms with Crippen molar-refractivity contribution in [1.29, 1.82) is 0 Å². The van der Waals surface area contributed by atoms with Gasteiger partial charge in [0.15, 0.2) is 0 Å². The number of hydrogen-bond acceptors (Lipinski definition) is 1. The molecule has 0 bridgehead atoms. The molecule has 0 radical (unpaired) electrons. The lowest BCUT2D eigenvalue weighted by atomic mass is 10.1. The van der Waals surface area contributed by atoms with Crippen molar-refractivity contribution in [3.8, 4) is 0 Å². The topological polar surface area (TPSA) is 32.3 Å². The number of anilines is 1. The van der Waals surface area contributed by atoms with Crippen LogP contribution >= 0.6 is 0 Å². The minimum absolute atomic E-state index is 0.0265. The molecule has 0 spiro atoms. The molecule has 0 aromatic heterocycles. The van der Waals surface area contributed by atoms with Gasteiger partial charge in [0.1, 0.15) is 0 Å². The van der Waals surface area contributed by atoms with Crippen LogP contribution in [-0.4, -0.2) is 24.0 Å². The molecule has 17 heavy (non-hydrogen) atoms. The van der Waals surface area contributed by atoms with Crippen molar-refractivity contribution in [1.82, 2.24) is 4.90 Å². The number of benzene rings is 1. The van der Waals surface area contributed by atoms with Crippen molar-refractivity contribution in [3.05, 3.63) is 28.8 Å². The predicted octanol–water partition coefficient (Wildman–Crippen LogP) is 3.49. The summed E-state index contributed by atoms with van der Waals surface area (Å²) >= 11 is 0. The lowest BCUT2D eigenvalue weighted by Gasteiger charge is -2.20. The van der Waals surface area contributed by atoms with Gasteiger partial charge in [-0.2, -0.15) is 0 Å². The fraction of sp³-hybridized carbons (Fsp3) is 0.500. The van der Waals surface area contributed by atoms with Gasteiger partial charge in [0.05, 0.1) is 0 Å². The molecule has 0 atom stereocenters. The second kappa shape index (κ2) is 5.71. The van der Waals surface area contributed by atoms with Crippen LogP contribution in [0.4, 0.5) is 10.5 Å². The lowest BCUT2D eigenvalue weighted by Crippen LogP contribution is -2.34. The molecule has 0 aliphatic carbocycles. The molecular weight excluding hydrogens is 212 g/mol. The van der Waals surface area contributed by atoms with Gasteiger partial charge in [0.25, 0.3) is 0 Å². The van der Waals surface area contributed by atoms with Crippen LogP contribution in [0.3, 0.4) is 0 Å². The SMILES string of the molecule is CCN(CC)C(=O)Nc1cc(C)c(C)cc1C.